The second-order valence-electron chi connectivity index (χ2n) is 7.28. The van der Waals surface area contributed by atoms with Crippen molar-refractivity contribution >= 4 is 17.6 Å². The molecule has 0 saturated carbocycles. The summed E-state index contributed by atoms with van der Waals surface area (Å²) in [6.07, 6.45) is 3.66. The maximum Gasteiger partial charge on any atom is 0.272 e. The summed E-state index contributed by atoms with van der Waals surface area (Å²) in [5.74, 6) is -0.182. The summed E-state index contributed by atoms with van der Waals surface area (Å²) in [5, 5.41) is 13.0. The number of rotatable bonds is 4. The zero-order valence-corrected chi connectivity index (χ0v) is 16.4. The van der Waals surface area contributed by atoms with Crippen molar-refractivity contribution in [1.82, 2.24) is 19.8 Å². The molecule has 2 atom stereocenters. The SMILES string of the molecule is CC(C(=O)Nc1cnc(-c2ccccc2)cn1)N1CCCC2=C1C(=O)N(C)C2O. The average molecular weight is 393 g/mol. The Kier molecular flexibility index (Phi) is 5.02. The topological polar surface area (TPSA) is 98.7 Å². The molecule has 3 heterocycles. The van der Waals surface area contributed by atoms with E-state index in [1.807, 2.05) is 30.3 Å². The number of carbonyl (C=O) groups excluding carboxylic acids is 2. The van der Waals surface area contributed by atoms with Gasteiger partial charge in [-0.25, -0.2) is 4.98 Å². The molecule has 2 amide bonds. The van der Waals surface area contributed by atoms with Gasteiger partial charge in [0.15, 0.2) is 12.0 Å². The fourth-order valence-electron chi connectivity index (χ4n) is 3.79. The van der Waals surface area contributed by atoms with Crippen molar-refractivity contribution in [2.45, 2.75) is 32.0 Å². The molecule has 0 bridgehead atoms. The molecule has 1 aromatic carbocycles. The van der Waals surface area contributed by atoms with E-state index in [1.165, 1.54) is 11.1 Å². The number of nitrogens with zero attached hydrogens (tertiary/aromatic N) is 4. The number of aliphatic hydroxyl groups excluding tert-OH is 1. The van der Waals surface area contributed by atoms with Crippen molar-refractivity contribution in [3.63, 3.8) is 0 Å². The Balaban J connectivity index is 1.48. The predicted molar refractivity (Wildman–Crippen MR) is 107 cm³/mol. The van der Waals surface area contributed by atoms with E-state index in [4.69, 9.17) is 0 Å². The van der Waals surface area contributed by atoms with Gasteiger partial charge >= 0.3 is 0 Å². The molecule has 2 aliphatic heterocycles. The summed E-state index contributed by atoms with van der Waals surface area (Å²) in [6.45, 7) is 2.33. The number of likely N-dealkylation sites (N-methyl/N-ethyl adjacent to an activating group) is 1. The van der Waals surface area contributed by atoms with E-state index in [0.29, 0.717) is 30.1 Å². The molecule has 150 valence electrons. The van der Waals surface area contributed by atoms with Crippen LogP contribution in [0.25, 0.3) is 11.3 Å². The monoisotopic (exact) mass is 393 g/mol. The molecule has 0 spiro atoms. The fraction of sp³-hybridized carbons (Fsp3) is 0.333. The van der Waals surface area contributed by atoms with Gasteiger partial charge in [-0.05, 0) is 19.8 Å². The van der Waals surface area contributed by atoms with Crippen LogP contribution in [0.3, 0.4) is 0 Å². The highest BCUT2D eigenvalue weighted by Gasteiger charge is 2.42. The van der Waals surface area contributed by atoms with E-state index in [2.05, 4.69) is 15.3 Å². The summed E-state index contributed by atoms with van der Waals surface area (Å²) in [4.78, 5) is 37.1. The Morgan fingerprint density at radius 1 is 1.24 bits per heavy atom. The minimum Gasteiger partial charge on any atom is -0.369 e. The van der Waals surface area contributed by atoms with Crippen LogP contribution in [0.2, 0.25) is 0 Å². The third-order valence-corrected chi connectivity index (χ3v) is 5.46. The minimum atomic E-state index is -0.910. The Bertz CT molecular complexity index is 958. The first kappa shape index (κ1) is 19.1. The number of carbonyl (C=O) groups is 2. The maximum atomic E-state index is 12.8. The van der Waals surface area contributed by atoms with Gasteiger partial charge in [0.1, 0.15) is 11.7 Å². The number of aromatic nitrogens is 2. The molecule has 0 aliphatic carbocycles. The lowest BCUT2D eigenvalue weighted by molar-refractivity contribution is -0.131. The molecule has 4 rings (SSSR count). The van der Waals surface area contributed by atoms with Crippen LogP contribution < -0.4 is 5.32 Å². The van der Waals surface area contributed by atoms with Gasteiger partial charge < -0.3 is 20.2 Å². The molecule has 29 heavy (non-hydrogen) atoms. The molecule has 8 nitrogen and oxygen atoms in total. The third-order valence-electron chi connectivity index (χ3n) is 5.46. The number of nitrogens with one attached hydrogen (secondary N) is 1. The van der Waals surface area contributed by atoms with Crippen LogP contribution in [0.15, 0.2) is 54.0 Å². The molecule has 0 fully saturated rings. The normalized spacial score (nSPS) is 20.0. The number of aliphatic hydroxyl groups is 1. The smallest absolute Gasteiger partial charge is 0.272 e. The number of hydrogen-bond donors (Lipinski definition) is 2. The van der Waals surface area contributed by atoms with Gasteiger partial charge in [0.25, 0.3) is 5.91 Å². The Morgan fingerprint density at radius 3 is 2.69 bits per heavy atom. The summed E-state index contributed by atoms with van der Waals surface area (Å²) in [5.41, 5.74) is 2.80. The van der Waals surface area contributed by atoms with Crippen molar-refractivity contribution in [3.8, 4) is 11.3 Å². The second kappa shape index (κ2) is 7.63. The van der Waals surface area contributed by atoms with Gasteiger partial charge in [-0.15, -0.1) is 0 Å². The van der Waals surface area contributed by atoms with Crippen molar-refractivity contribution in [2.75, 3.05) is 18.9 Å². The molecule has 2 unspecified atom stereocenters. The van der Waals surface area contributed by atoms with E-state index < -0.39 is 12.3 Å². The molecule has 0 radical (unpaired) electrons. The molecule has 2 aromatic rings. The Labute approximate surface area is 168 Å². The largest absolute Gasteiger partial charge is 0.369 e. The summed E-state index contributed by atoms with van der Waals surface area (Å²) in [6, 6.07) is 9.08. The van der Waals surface area contributed by atoms with Gasteiger partial charge in [0.2, 0.25) is 5.91 Å². The van der Waals surface area contributed by atoms with Crippen LogP contribution in [0.5, 0.6) is 0 Å². The van der Waals surface area contributed by atoms with E-state index in [-0.39, 0.29) is 11.8 Å². The minimum absolute atomic E-state index is 0.251. The highest BCUT2D eigenvalue weighted by Crippen LogP contribution is 2.34. The quantitative estimate of drug-likeness (QED) is 0.819. The number of hydrogen-bond acceptors (Lipinski definition) is 6. The Morgan fingerprint density at radius 2 is 2.00 bits per heavy atom. The zero-order valence-electron chi connectivity index (χ0n) is 16.4. The van der Waals surface area contributed by atoms with Crippen molar-refractivity contribution < 1.29 is 14.7 Å². The van der Waals surface area contributed by atoms with Crippen LogP contribution >= 0.6 is 0 Å². The van der Waals surface area contributed by atoms with Crippen LogP contribution in [-0.4, -0.2) is 62.6 Å². The molecule has 2 aliphatic rings. The zero-order chi connectivity index (χ0) is 20.5. The molecular formula is C21H23N5O3. The van der Waals surface area contributed by atoms with Crippen LogP contribution in [0, 0.1) is 0 Å². The van der Waals surface area contributed by atoms with Gasteiger partial charge in [0, 0.05) is 24.7 Å². The Hall–Kier alpha value is -3.26. The van der Waals surface area contributed by atoms with Gasteiger partial charge in [-0.1, -0.05) is 30.3 Å². The molecule has 0 saturated heterocycles. The van der Waals surface area contributed by atoms with Gasteiger partial charge in [-0.2, -0.15) is 0 Å². The van der Waals surface area contributed by atoms with Crippen molar-refractivity contribution in [3.05, 3.63) is 54.0 Å². The van der Waals surface area contributed by atoms with Crippen molar-refractivity contribution in [1.29, 1.82) is 0 Å². The number of benzene rings is 1. The highest BCUT2D eigenvalue weighted by atomic mass is 16.3. The van der Waals surface area contributed by atoms with E-state index in [9.17, 15) is 14.7 Å². The van der Waals surface area contributed by atoms with Crippen LogP contribution in [0.4, 0.5) is 5.82 Å². The summed E-state index contributed by atoms with van der Waals surface area (Å²) >= 11 is 0. The lowest BCUT2D eigenvalue weighted by Crippen LogP contribution is -2.45. The number of anilines is 1. The summed E-state index contributed by atoms with van der Waals surface area (Å²) < 4.78 is 0. The van der Waals surface area contributed by atoms with Gasteiger partial charge in [0.05, 0.1) is 18.1 Å². The first-order valence-electron chi connectivity index (χ1n) is 9.60. The fourth-order valence-corrected chi connectivity index (χ4v) is 3.79. The van der Waals surface area contributed by atoms with Gasteiger partial charge in [-0.3, -0.25) is 14.6 Å². The predicted octanol–water partition coefficient (Wildman–Crippen LogP) is 1.61. The average Bonchev–Trinajstić information content (AvgIpc) is 2.98. The van der Waals surface area contributed by atoms with Crippen LogP contribution in [0.1, 0.15) is 19.8 Å². The molecule has 2 N–H and O–H groups in total. The maximum absolute atomic E-state index is 12.8. The molecule has 1 aromatic heterocycles. The second-order valence-corrected chi connectivity index (χ2v) is 7.28. The van der Waals surface area contributed by atoms with E-state index in [1.54, 1.807) is 25.1 Å². The first-order chi connectivity index (χ1) is 14.0. The number of amides is 2. The highest BCUT2D eigenvalue weighted by molar-refractivity contribution is 5.99. The first-order valence-corrected chi connectivity index (χ1v) is 9.60. The standard InChI is InChI=1S/C21H23N5O3/c1-13(26-10-6-9-15-18(26)21(29)25(2)20(15)28)19(27)24-17-12-22-16(11-23-17)14-7-4-3-5-8-14/h3-5,7-8,11-13,20,28H,6,9-10H2,1-2H3,(H,23,24,27). The van der Waals surface area contributed by atoms with E-state index >= 15 is 0 Å². The van der Waals surface area contributed by atoms with E-state index in [0.717, 1.165) is 17.7 Å². The van der Waals surface area contributed by atoms with Crippen molar-refractivity contribution in [2.24, 2.45) is 0 Å². The molecular weight excluding hydrogens is 370 g/mol. The lowest BCUT2D eigenvalue weighted by atomic mass is 10.0. The lowest BCUT2D eigenvalue weighted by Gasteiger charge is -2.34. The molecule has 8 heteroatoms. The third kappa shape index (κ3) is 3.47. The summed E-state index contributed by atoms with van der Waals surface area (Å²) in [7, 11) is 1.57. The van der Waals surface area contributed by atoms with Crippen LogP contribution in [-0.2, 0) is 9.59 Å².